The molecule has 1 fully saturated rings. The lowest BCUT2D eigenvalue weighted by Gasteiger charge is -2.29. The number of hydrogen-bond donors (Lipinski definition) is 4. The van der Waals surface area contributed by atoms with Crippen LogP contribution in [-0.4, -0.2) is 59.1 Å². The van der Waals surface area contributed by atoms with Crippen LogP contribution in [0.3, 0.4) is 0 Å². The Labute approximate surface area is 271 Å². The molecule has 5 aromatic rings. The molecule has 6 heterocycles. The highest BCUT2D eigenvalue weighted by Gasteiger charge is 2.32. The molecule has 12 nitrogen and oxygen atoms in total. The van der Waals surface area contributed by atoms with Gasteiger partial charge in [0.2, 0.25) is 0 Å². The van der Waals surface area contributed by atoms with Gasteiger partial charge in [0.25, 0.3) is 11.1 Å². The molecule has 2 atom stereocenters. The number of nitrogens with zero attached hydrogens (tertiary/aromatic N) is 5. The van der Waals surface area contributed by atoms with Crippen LogP contribution in [0.5, 0.6) is 0 Å². The largest absolute Gasteiger partial charge is 0.394 e. The van der Waals surface area contributed by atoms with Gasteiger partial charge in [0.1, 0.15) is 22.8 Å². The standard InChI is InChI=1S/C35H39N7O5/c1-35(2)14-21-13-29-34(46)42(11-10-41(29)30(21)15-35)32-27(19-44)26(8-9-36-32)22-12-28(33(45)40(3)17-22)39-31-7-5-23(16-37-31)38-24-4-6-25(18-43)47-20-24/h5,7-13,16-17,24-25,38,43-44H,4,6,14-15,18-20H2,1-3H3,(H,37,39)/t24-,25+/m1/s1. The van der Waals surface area contributed by atoms with Crippen LogP contribution in [-0.2, 0) is 31.2 Å². The quantitative estimate of drug-likeness (QED) is 0.201. The molecule has 0 aromatic carbocycles. The lowest BCUT2D eigenvalue weighted by molar-refractivity contribution is -0.0223. The van der Waals surface area contributed by atoms with E-state index in [2.05, 4.69) is 34.4 Å². The van der Waals surface area contributed by atoms with Gasteiger partial charge in [-0.3, -0.25) is 14.2 Å². The van der Waals surface area contributed by atoms with Gasteiger partial charge >= 0.3 is 0 Å². The number of aliphatic hydroxyl groups excluding tert-OH is 2. The van der Waals surface area contributed by atoms with Gasteiger partial charge in [-0.2, -0.15) is 0 Å². The van der Waals surface area contributed by atoms with Gasteiger partial charge in [-0.15, -0.1) is 0 Å². The smallest absolute Gasteiger partial charge is 0.280 e. The highest BCUT2D eigenvalue weighted by molar-refractivity contribution is 5.73. The van der Waals surface area contributed by atoms with Crippen LogP contribution in [0.4, 0.5) is 17.2 Å². The van der Waals surface area contributed by atoms with Crippen molar-refractivity contribution in [2.45, 2.75) is 58.3 Å². The maximum atomic E-state index is 13.8. The summed E-state index contributed by atoms with van der Waals surface area (Å²) in [6.45, 7) is 4.64. The lowest BCUT2D eigenvalue weighted by Crippen LogP contribution is -2.36. The zero-order valence-electron chi connectivity index (χ0n) is 26.7. The second-order valence-corrected chi connectivity index (χ2v) is 13.4. The number of nitrogens with one attached hydrogen (secondary N) is 2. The van der Waals surface area contributed by atoms with Gasteiger partial charge in [0, 0.05) is 54.7 Å². The highest BCUT2D eigenvalue weighted by atomic mass is 16.5. The normalized spacial score (nSPS) is 18.7. The molecule has 1 aliphatic carbocycles. The van der Waals surface area contributed by atoms with Gasteiger partial charge in [-0.1, -0.05) is 13.8 Å². The SMILES string of the molecule is Cn1cc(-c2ccnc(-n3ccn4c5c(cc4c3=O)CC(C)(C)C5)c2CO)cc(Nc2ccc(N[C@@H]3CC[C@@H](CO)OC3)cn2)c1=O. The minimum absolute atomic E-state index is 0.0316. The Morgan fingerprint density at radius 3 is 2.62 bits per heavy atom. The fourth-order valence-electron chi connectivity index (χ4n) is 6.88. The van der Waals surface area contributed by atoms with E-state index in [1.54, 1.807) is 50.0 Å². The maximum absolute atomic E-state index is 13.8. The minimum Gasteiger partial charge on any atom is -0.394 e. The van der Waals surface area contributed by atoms with Gasteiger partial charge in [-0.05, 0) is 72.6 Å². The Bertz CT molecular complexity index is 2070. The second kappa shape index (κ2) is 12.1. The van der Waals surface area contributed by atoms with Gasteiger partial charge in [0.05, 0.1) is 37.8 Å². The summed E-state index contributed by atoms with van der Waals surface area (Å²) in [7, 11) is 1.66. The monoisotopic (exact) mass is 637 g/mol. The van der Waals surface area contributed by atoms with Crippen molar-refractivity contribution >= 4 is 22.7 Å². The molecule has 12 heteroatoms. The van der Waals surface area contributed by atoms with Crippen LogP contribution in [0.15, 0.2) is 70.9 Å². The number of aromatic nitrogens is 5. The Morgan fingerprint density at radius 2 is 1.89 bits per heavy atom. The highest BCUT2D eigenvalue weighted by Crippen LogP contribution is 2.37. The number of aryl methyl sites for hydroxylation is 1. The molecule has 244 valence electrons. The molecule has 1 saturated heterocycles. The van der Waals surface area contributed by atoms with Gasteiger partial charge < -0.3 is 34.6 Å². The van der Waals surface area contributed by atoms with Crippen molar-refractivity contribution in [3.63, 3.8) is 0 Å². The Morgan fingerprint density at radius 1 is 1.04 bits per heavy atom. The lowest BCUT2D eigenvalue weighted by atomic mass is 9.90. The molecule has 0 spiro atoms. The van der Waals surface area contributed by atoms with E-state index >= 15 is 0 Å². The summed E-state index contributed by atoms with van der Waals surface area (Å²) in [5, 5.41) is 26.4. The van der Waals surface area contributed by atoms with Crippen molar-refractivity contribution in [2.24, 2.45) is 12.5 Å². The van der Waals surface area contributed by atoms with Crippen molar-refractivity contribution in [3.8, 4) is 16.9 Å². The Hall–Kier alpha value is -4.78. The van der Waals surface area contributed by atoms with Crippen molar-refractivity contribution < 1.29 is 14.9 Å². The molecule has 0 bridgehead atoms. The van der Waals surface area contributed by atoms with Crippen LogP contribution in [0.25, 0.3) is 22.5 Å². The molecule has 0 amide bonds. The molecule has 0 radical (unpaired) electrons. The maximum Gasteiger partial charge on any atom is 0.280 e. The molecular formula is C35H39N7O5. The molecule has 0 saturated carbocycles. The number of pyridine rings is 3. The number of aliphatic hydroxyl groups is 2. The van der Waals surface area contributed by atoms with E-state index in [0.717, 1.165) is 31.4 Å². The number of hydrogen-bond acceptors (Lipinski definition) is 9. The fourth-order valence-corrected chi connectivity index (χ4v) is 6.88. The number of ether oxygens (including phenoxy) is 1. The average molecular weight is 638 g/mol. The van der Waals surface area contributed by atoms with Crippen molar-refractivity contribution in [2.75, 3.05) is 23.8 Å². The molecule has 5 aromatic heterocycles. The van der Waals surface area contributed by atoms with E-state index in [0.29, 0.717) is 46.1 Å². The first-order valence-corrected chi connectivity index (χ1v) is 15.9. The van der Waals surface area contributed by atoms with Crippen molar-refractivity contribution in [1.29, 1.82) is 0 Å². The van der Waals surface area contributed by atoms with Crippen molar-refractivity contribution in [3.05, 3.63) is 98.8 Å². The second-order valence-electron chi connectivity index (χ2n) is 13.4. The molecule has 1 aliphatic heterocycles. The topological polar surface area (TPSA) is 148 Å². The number of rotatable bonds is 8. The first-order valence-electron chi connectivity index (χ1n) is 15.9. The summed E-state index contributed by atoms with van der Waals surface area (Å²) < 4.78 is 10.6. The van der Waals surface area contributed by atoms with Gasteiger partial charge in [0.15, 0.2) is 0 Å². The van der Waals surface area contributed by atoms with Crippen LogP contribution < -0.4 is 21.8 Å². The third-order valence-corrected chi connectivity index (χ3v) is 9.23. The van der Waals surface area contributed by atoms with E-state index in [1.807, 2.05) is 22.7 Å². The fraction of sp³-hybridized carbons (Fsp3) is 0.371. The molecule has 2 aliphatic rings. The number of fused-ring (bicyclic) bond motifs is 3. The molecule has 0 unspecified atom stereocenters. The average Bonchev–Trinajstić information content (AvgIpc) is 3.56. The van der Waals surface area contributed by atoms with E-state index in [9.17, 15) is 19.8 Å². The summed E-state index contributed by atoms with van der Waals surface area (Å²) in [5.74, 6) is 0.827. The van der Waals surface area contributed by atoms with E-state index in [1.165, 1.54) is 20.4 Å². The third kappa shape index (κ3) is 5.84. The molecule has 7 rings (SSSR count). The zero-order chi connectivity index (χ0) is 32.9. The molecular weight excluding hydrogens is 598 g/mol. The molecule has 47 heavy (non-hydrogen) atoms. The van der Waals surface area contributed by atoms with E-state index in [-0.39, 0.29) is 41.9 Å². The van der Waals surface area contributed by atoms with E-state index < -0.39 is 0 Å². The van der Waals surface area contributed by atoms with Crippen LogP contribution >= 0.6 is 0 Å². The summed E-state index contributed by atoms with van der Waals surface area (Å²) >= 11 is 0. The first kappa shape index (κ1) is 30.9. The predicted octanol–water partition coefficient (Wildman–Crippen LogP) is 3.56. The Balaban J connectivity index is 1.17. The first-order chi connectivity index (χ1) is 22.6. The van der Waals surface area contributed by atoms with Crippen LogP contribution in [0.2, 0.25) is 0 Å². The minimum atomic E-state index is -0.365. The molecule has 4 N–H and O–H groups in total. The summed E-state index contributed by atoms with van der Waals surface area (Å²) in [5.41, 5.74) is 5.55. The third-order valence-electron chi connectivity index (χ3n) is 9.23. The predicted molar refractivity (Wildman–Crippen MR) is 180 cm³/mol. The summed E-state index contributed by atoms with van der Waals surface area (Å²) in [6.07, 6.45) is 12.0. The van der Waals surface area contributed by atoms with Crippen LogP contribution in [0, 0.1) is 5.41 Å². The summed E-state index contributed by atoms with van der Waals surface area (Å²) in [4.78, 5) is 36.0. The zero-order valence-corrected chi connectivity index (χ0v) is 26.7. The van der Waals surface area contributed by atoms with Crippen molar-refractivity contribution in [1.82, 2.24) is 23.5 Å². The number of anilines is 3. The summed E-state index contributed by atoms with van der Waals surface area (Å²) in [6, 6.07) is 9.27. The van der Waals surface area contributed by atoms with E-state index in [4.69, 9.17) is 4.74 Å². The van der Waals surface area contributed by atoms with Gasteiger partial charge in [-0.25, -0.2) is 9.97 Å². The van der Waals surface area contributed by atoms with Crippen LogP contribution in [0.1, 0.15) is 43.5 Å². The Kier molecular flexibility index (Phi) is 7.95.